The van der Waals surface area contributed by atoms with E-state index in [0.717, 1.165) is 44.9 Å². The van der Waals surface area contributed by atoms with Crippen LogP contribution in [0.25, 0.3) is 0 Å². The number of nitrogens with zero attached hydrogens (tertiary/aromatic N) is 2. The molecule has 2 aliphatic rings. The molecule has 110 valence electrons. The summed E-state index contributed by atoms with van der Waals surface area (Å²) in [5.41, 5.74) is 6.15. The third-order valence-corrected chi connectivity index (χ3v) is 4.69. The smallest absolute Gasteiger partial charge is 0.236 e. The van der Waals surface area contributed by atoms with Gasteiger partial charge < -0.3 is 10.6 Å². The van der Waals surface area contributed by atoms with Gasteiger partial charge in [-0.3, -0.25) is 9.69 Å². The molecule has 1 saturated carbocycles. The number of carbonyl (C=O) groups is 1. The van der Waals surface area contributed by atoms with Crippen LogP contribution in [-0.2, 0) is 4.79 Å². The van der Waals surface area contributed by atoms with Crippen LogP contribution in [0.2, 0.25) is 0 Å². The van der Waals surface area contributed by atoms with Gasteiger partial charge in [-0.15, -0.1) is 0 Å². The van der Waals surface area contributed by atoms with Crippen LogP contribution in [0, 0.1) is 11.8 Å². The van der Waals surface area contributed by atoms with Gasteiger partial charge in [0.25, 0.3) is 0 Å². The summed E-state index contributed by atoms with van der Waals surface area (Å²) in [7, 11) is 0. The Morgan fingerprint density at radius 3 is 2.47 bits per heavy atom. The first-order valence-corrected chi connectivity index (χ1v) is 7.91. The van der Waals surface area contributed by atoms with E-state index in [9.17, 15) is 4.79 Å². The number of likely N-dealkylation sites (tertiary alicyclic amines) is 1. The number of carbonyl (C=O) groups excluding carboxylic acids is 1. The number of hydrogen-bond acceptors (Lipinski definition) is 3. The first kappa shape index (κ1) is 14.8. The predicted octanol–water partition coefficient (Wildman–Crippen LogP) is 1.30. The van der Waals surface area contributed by atoms with E-state index in [0.29, 0.717) is 24.4 Å². The Morgan fingerprint density at radius 2 is 1.89 bits per heavy atom. The molecule has 3 unspecified atom stereocenters. The summed E-state index contributed by atoms with van der Waals surface area (Å²) in [4.78, 5) is 16.7. The molecule has 2 N–H and O–H groups in total. The normalized spacial score (nSPS) is 30.6. The second-order valence-electron chi connectivity index (χ2n) is 6.24. The van der Waals surface area contributed by atoms with Crippen molar-refractivity contribution < 1.29 is 4.79 Å². The van der Waals surface area contributed by atoms with Crippen molar-refractivity contribution in [1.29, 1.82) is 0 Å². The van der Waals surface area contributed by atoms with Crippen LogP contribution >= 0.6 is 0 Å². The first-order chi connectivity index (χ1) is 9.15. The highest BCUT2D eigenvalue weighted by Gasteiger charge is 2.41. The van der Waals surface area contributed by atoms with Crippen molar-refractivity contribution in [2.24, 2.45) is 17.6 Å². The third-order valence-electron chi connectivity index (χ3n) is 4.69. The van der Waals surface area contributed by atoms with E-state index in [1.165, 1.54) is 12.8 Å². The number of hydrogen-bond donors (Lipinski definition) is 1. The van der Waals surface area contributed by atoms with Crippen molar-refractivity contribution in [2.45, 2.75) is 45.6 Å². The van der Waals surface area contributed by atoms with Crippen LogP contribution in [0.3, 0.4) is 0 Å². The average molecular weight is 267 g/mol. The summed E-state index contributed by atoms with van der Waals surface area (Å²) >= 11 is 0. The lowest BCUT2D eigenvalue weighted by atomic mass is 9.98. The zero-order valence-electron chi connectivity index (χ0n) is 12.5. The summed E-state index contributed by atoms with van der Waals surface area (Å²) in [6.07, 6.45) is 4.52. The van der Waals surface area contributed by atoms with Gasteiger partial charge in [0.15, 0.2) is 0 Å². The second-order valence-corrected chi connectivity index (χ2v) is 6.24. The van der Waals surface area contributed by atoms with Gasteiger partial charge in [-0.05, 0) is 37.5 Å². The van der Waals surface area contributed by atoms with Crippen LogP contribution in [-0.4, -0.2) is 54.5 Å². The van der Waals surface area contributed by atoms with E-state index in [4.69, 9.17) is 5.73 Å². The van der Waals surface area contributed by atoms with Crippen LogP contribution in [0.15, 0.2) is 0 Å². The summed E-state index contributed by atoms with van der Waals surface area (Å²) in [5, 5.41) is 0. The Bertz CT molecular complexity index is 302. The molecule has 0 bridgehead atoms. The maximum absolute atomic E-state index is 12.3. The average Bonchev–Trinajstić information content (AvgIpc) is 2.91. The third kappa shape index (κ3) is 3.48. The Labute approximate surface area is 117 Å². The summed E-state index contributed by atoms with van der Waals surface area (Å²) in [6, 6.07) is 0.368. The van der Waals surface area contributed by atoms with E-state index in [-0.39, 0.29) is 0 Å². The minimum atomic E-state index is 0.303. The fourth-order valence-electron chi connectivity index (χ4n) is 3.72. The van der Waals surface area contributed by atoms with Crippen molar-refractivity contribution in [1.82, 2.24) is 9.80 Å². The molecule has 0 aromatic heterocycles. The van der Waals surface area contributed by atoms with Gasteiger partial charge in [0, 0.05) is 32.2 Å². The summed E-state index contributed by atoms with van der Waals surface area (Å²) < 4.78 is 0. The Morgan fingerprint density at radius 1 is 1.21 bits per heavy atom. The standard InChI is InChI=1S/C15H29N3O/c1-3-7-18(8-4-2)15(19)11-17-9-12-5-6-14(16)13(12)10-17/h12-14H,3-11,16H2,1-2H3. The SMILES string of the molecule is CCCN(CCC)C(=O)CN1CC2CCC(N)C2C1. The van der Waals surface area contributed by atoms with Gasteiger partial charge in [-0.25, -0.2) is 0 Å². The van der Waals surface area contributed by atoms with Crippen molar-refractivity contribution in [3.63, 3.8) is 0 Å². The highest BCUT2D eigenvalue weighted by atomic mass is 16.2. The molecule has 1 aliphatic carbocycles. The molecule has 2 rings (SSSR count). The van der Waals surface area contributed by atoms with Crippen LogP contribution in [0.1, 0.15) is 39.5 Å². The predicted molar refractivity (Wildman–Crippen MR) is 77.8 cm³/mol. The van der Waals surface area contributed by atoms with Gasteiger partial charge in [-0.2, -0.15) is 0 Å². The number of fused-ring (bicyclic) bond motifs is 1. The topological polar surface area (TPSA) is 49.6 Å². The van der Waals surface area contributed by atoms with Crippen LogP contribution < -0.4 is 5.73 Å². The van der Waals surface area contributed by atoms with Crippen molar-refractivity contribution >= 4 is 5.91 Å². The van der Waals surface area contributed by atoms with Gasteiger partial charge >= 0.3 is 0 Å². The van der Waals surface area contributed by atoms with Gasteiger partial charge in [0.2, 0.25) is 5.91 Å². The van der Waals surface area contributed by atoms with Crippen molar-refractivity contribution in [2.75, 3.05) is 32.7 Å². The zero-order valence-corrected chi connectivity index (χ0v) is 12.5. The molecule has 1 heterocycles. The van der Waals surface area contributed by atoms with E-state index in [1.54, 1.807) is 0 Å². The molecule has 0 aromatic carbocycles. The molecule has 1 aliphatic heterocycles. The monoisotopic (exact) mass is 267 g/mol. The van der Waals surface area contributed by atoms with Crippen LogP contribution in [0.5, 0.6) is 0 Å². The fraction of sp³-hybridized carbons (Fsp3) is 0.933. The number of nitrogens with two attached hydrogens (primary N) is 1. The maximum Gasteiger partial charge on any atom is 0.236 e. The van der Waals surface area contributed by atoms with Crippen molar-refractivity contribution in [3.8, 4) is 0 Å². The molecule has 2 fully saturated rings. The van der Waals surface area contributed by atoms with Crippen molar-refractivity contribution in [3.05, 3.63) is 0 Å². The minimum absolute atomic E-state index is 0.303. The molecule has 0 aromatic rings. The number of amides is 1. The number of rotatable bonds is 6. The highest BCUT2D eigenvalue weighted by Crippen LogP contribution is 2.36. The Kier molecular flexibility index (Phi) is 5.22. The Balaban J connectivity index is 1.82. The quantitative estimate of drug-likeness (QED) is 0.789. The molecule has 4 nitrogen and oxygen atoms in total. The molecular weight excluding hydrogens is 238 g/mol. The van der Waals surface area contributed by atoms with E-state index < -0.39 is 0 Å². The molecule has 0 spiro atoms. The first-order valence-electron chi connectivity index (χ1n) is 7.91. The zero-order chi connectivity index (χ0) is 13.8. The summed E-state index contributed by atoms with van der Waals surface area (Å²) in [5.74, 6) is 1.68. The van der Waals surface area contributed by atoms with E-state index in [2.05, 4.69) is 18.7 Å². The van der Waals surface area contributed by atoms with Gasteiger partial charge in [-0.1, -0.05) is 13.8 Å². The Hall–Kier alpha value is -0.610. The van der Waals surface area contributed by atoms with E-state index >= 15 is 0 Å². The molecule has 1 saturated heterocycles. The molecule has 3 atom stereocenters. The minimum Gasteiger partial charge on any atom is -0.342 e. The molecule has 1 amide bonds. The van der Waals surface area contributed by atoms with Gasteiger partial charge in [0.1, 0.15) is 0 Å². The molecule has 4 heteroatoms. The summed E-state index contributed by atoms with van der Waals surface area (Å²) in [6.45, 7) is 8.77. The second kappa shape index (κ2) is 6.71. The lowest BCUT2D eigenvalue weighted by Crippen LogP contribution is -2.41. The highest BCUT2D eigenvalue weighted by molar-refractivity contribution is 5.78. The lowest BCUT2D eigenvalue weighted by molar-refractivity contribution is -0.132. The van der Waals surface area contributed by atoms with E-state index in [1.807, 2.05) is 4.90 Å². The molecule has 19 heavy (non-hydrogen) atoms. The molecular formula is C15H29N3O. The lowest BCUT2D eigenvalue weighted by Gasteiger charge is -2.25. The fourth-order valence-corrected chi connectivity index (χ4v) is 3.72. The molecule has 0 radical (unpaired) electrons. The maximum atomic E-state index is 12.3. The largest absolute Gasteiger partial charge is 0.342 e. The van der Waals surface area contributed by atoms with Crippen LogP contribution in [0.4, 0.5) is 0 Å². The van der Waals surface area contributed by atoms with Gasteiger partial charge in [0.05, 0.1) is 6.54 Å².